The van der Waals surface area contributed by atoms with Crippen molar-refractivity contribution >= 4 is 23.6 Å². The molecule has 1 saturated carbocycles. The number of carbonyl (C=O) groups excluding carboxylic acids is 1. The van der Waals surface area contributed by atoms with Gasteiger partial charge in [0.25, 0.3) is 0 Å². The number of carboxylic acids is 1. The van der Waals surface area contributed by atoms with Gasteiger partial charge in [0.05, 0.1) is 12.0 Å². The number of aliphatic carboxylic acids is 1. The second-order valence-corrected chi connectivity index (χ2v) is 7.06. The summed E-state index contributed by atoms with van der Waals surface area (Å²) in [5.41, 5.74) is 1.05. The van der Waals surface area contributed by atoms with Gasteiger partial charge in [0.2, 0.25) is 0 Å². The van der Waals surface area contributed by atoms with E-state index in [0.717, 1.165) is 12.0 Å². The molecule has 1 aliphatic carbocycles. The maximum Gasteiger partial charge on any atom is 0.317 e. The molecule has 4 atom stereocenters. The van der Waals surface area contributed by atoms with E-state index >= 15 is 0 Å². The number of halogens is 1. The fourth-order valence-corrected chi connectivity index (χ4v) is 3.42. The van der Waals surface area contributed by atoms with Gasteiger partial charge in [0.1, 0.15) is 0 Å². The highest BCUT2D eigenvalue weighted by Crippen LogP contribution is 2.47. The topological polar surface area (TPSA) is 69.6 Å². The second kappa shape index (κ2) is 6.40. The minimum atomic E-state index is -0.828. The van der Waals surface area contributed by atoms with E-state index in [1.165, 1.54) is 0 Å². The van der Waals surface area contributed by atoms with E-state index in [0.29, 0.717) is 29.8 Å². The lowest BCUT2D eigenvalue weighted by molar-refractivity contribution is -0.141. The molecule has 0 radical (unpaired) electrons. The van der Waals surface area contributed by atoms with E-state index in [1.54, 1.807) is 4.90 Å². The molecule has 23 heavy (non-hydrogen) atoms. The van der Waals surface area contributed by atoms with Gasteiger partial charge in [-0.2, -0.15) is 0 Å². The van der Waals surface area contributed by atoms with Crippen LogP contribution in [-0.4, -0.2) is 35.1 Å². The molecule has 0 spiro atoms. The Labute approximate surface area is 140 Å². The van der Waals surface area contributed by atoms with Crippen LogP contribution in [0, 0.1) is 17.8 Å². The Hall–Kier alpha value is -1.75. The molecule has 2 amide bonds. The molecule has 1 saturated heterocycles. The van der Waals surface area contributed by atoms with Crippen LogP contribution in [0.15, 0.2) is 24.3 Å². The number of likely N-dealkylation sites (tertiary alicyclic amines) is 1. The third-order valence-corrected chi connectivity index (χ3v) is 5.18. The van der Waals surface area contributed by atoms with Gasteiger partial charge in [-0.25, -0.2) is 4.79 Å². The van der Waals surface area contributed by atoms with Crippen LogP contribution in [0.1, 0.15) is 31.4 Å². The van der Waals surface area contributed by atoms with Gasteiger partial charge in [-0.15, -0.1) is 0 Å². The van der Waals surface area contributed by atoms with Gasteiger partial charge in [0, 0.05) is 18.1 Å². The Morgan fingerprint density at radius 3 is 2.52 bits per heavy atom. The quantitative estimate of drug-likeness (QED) is 0.887. The number of hydrogen-bond donors (Lipinski definition) is 2. The Bertz CT molecular complexity index is 604. The molecule has 4 unspecified atom stereocenters. The van der Waals surface area contributed by atoms with Crippen LogP contribution in [0.5, 0.6) is 0 Å². The Kier molecular flexibility index (Phi) is 4.48. The van der Waals surface area contributed by atoms with Crippen LogP contribution in [0.4, 0.5) is 4.79 Å². The first-order valence-corrected chi connectivity index (χ1v) is 8.37. The molecule has 2 aliphatic rings. The first-order chi connectivity index (χ1) is 11.0. The fraction of sp³-hybridized carbons (Fsp3) is 0.529. The number of rotatable bonds is 4. The van der Waals surface area contributed by atoms with Crippen molar-refractivity contribution in [1.82, 2.24) is 10.2 Å². The summed E-state index contributed by atoms with van der Waals surface area (Å²) in [5, 5.41) is 12.8. The second-order valence-electron chi connectivity index (χ2n) is 6.63. The van der Waals surface area contributed by atoms with Crippen LogP contribution in [0.3, 0.4) is 0 Å². The molecule has 0 aromatic heterocycles. The van der Waals surface area contributed by atoms with Crippen LogP contribution in [0.2, 0.25) is 5.02 Å². The van der Waals surface area contributed by atoms with E-state index < -0.39 is 11.9 Å². The first-order valence-electron chi connectivity index (χ1n) is 7.99. The predicted molar refractivity (Wildman–Crippen MR) is 87.3 cm³/mol. The Morgan fingerprint density at radius 2 is 2.00 bits per heavy atom. The lowest BCUT2D eigenvalue weighted by Crippen LogP contribution is -2.41. The van der Waals surface area contributed by atoms with Crippen LogP contribution >= 0.6 is 11.6 Å². The summed E-state index contributed by atoms with van der Waals surface area (Å²) in [6.07, 6.45) is 1.61. The molecule has 0 bridgehead atoms. The van der Waals surface area contributed by atoms with E-state index in [2.05, 4.69) is 12.2 Å². The monoisotopic (exact) mass is 336 g/mol. The summed E-state index contributed by atoms with van der Waals surface area (Å²) in [5.74, 6) is -0.265. The fourth-order valence-electron chi connectivity index (χ4n) is 3.29. The summed E-state index contributed by atoms with van der Waals surface area (Å²) >= 11 is 5.94. The van der Waals surface area contributed by atoms with Crippen molar-refractivity contribution in [1.29, 1.82) is 0 Å². The lowest BCUT2D eigenvalue weighted by Gasteiger charge is -2.24. The summed E-state index contributed by atoms with van der Waals surface area (Å²) in [7, 11) is 0. The van der Waals surface area contributed by atoms with E-state index in [-0.39, 0.29) is 18.6 Å². The van der Waals surface area contributed by atoms with Gasteiger partial charge >= 0.3 is 12.0 Å². The van der Waals surface area contributed by atoms with Crippen molar-refractivity contribution in [2.45, 2.75) is 25.8 Å². The molecule has 2 N–H and O–H groups in total. The van der Waals surface area contributed by atoms with Crippen molar-refractivity contribution in [3.05, 3.63) is 34.9 Å². The highest BCUT2D eigenvalue weighted by Gasteiger charge is 2.42. The maximum atomic E-state index is 12.5. The number of benzene rings is 1. The smallest absolute Gasteiger partial charge is 0.317 e. The average molecular weight is 337 g/mol. The van der Waals surface area contributed by atoms with Crippen molar-refractivity contribution in [3.8, 4) is 0 Å². The van der Waals surface area contributed by atoms with Crippen LogP contribution < -0.4 is 5.32 Å². The molecule has 3 rings (SSSR count). The largest absolute Gasteiger partial charge is 0.481 e. The van der Waals surface area contributed by atoms with Gasteiger partial charge < -0.3 is 15.3 Å². The van der Waals surface area contributed by atoms with Gasteiger partial charge in [0.15, 0.2) is 0 Å². The van der Waals surface area contributed by atoms with Crippen LogP contribution in [-0.2, 0) is 4.79 Å². The average Bonchev–Trinajstić information content (AvgIpc) is 3.03. The van der Waals surface area contributed by atoms with Gasteiger partial charge in [-0.1, -0.05) is 30.7 Å². The third-order valence-electron chi connectivity index (χ3n) is 4.93. The van der Waals surface area contributed by atoms with Crippen molar-refractivity contribution in [3.63, 3.8) is 0 Å². The molecule has 6 heteroatoms. The lowest BCUT2D eigenvalue weighted by atomic mass is 10.0. The number of nitrogens with zero attached hydrogens (tertiary/aromatic N) is 1. The number of urea groups is 1. The van der Waals surface area contributed by atoms with Gasteiger partial charge in [-0.05, 0) is 42.4 Å². The molecular weight excluding hydrogens is 316 g/mol. The summed E-state index contributed by atoms with van der Waals surface area (Å²) in [6.45, 7) is 2.96. The highest BCUT2D eigenvalue weighted by molar-refractivity contribution is 6.30. The molecule has 1 aromatic rings. The summed E-state index contributed by atoms with van der Waals surface area (Å²) in [6, 6.07) is 7.34. The number of amides is 2. The van der Waals surface area contributed by atoms with Crippen molar-refractivity contribution in [2.24, 2.45) is 17.8 Å². The van der Waals surface area contributed by atoms with E-state index in [9.17, 15) is 9.59 Å². The number of carboxylic acid groups (broad SMARTS) is 1. The Morgan fingerprint density at radius 1 is 1.35 bits per heavy atom. The third kappa shape index (κ3) is 3.61. The number of hydrogen-bond acceptors (Lipinski definition) is 2. The highest BCUT2D eigenvalue weighted by atomic mass is 35.5. The zero-order valence-electron chi connectivity index (χ0n) is 13.0. The standard InChI is InChI=1S/C17H21ClN2O3/c1-10-8-14(10)15(11-2-4-13(18)5-3-11)19-17(23)20-7-6-12(9-20)16(21)22/h2-5,10,12,14-15H,6-9H2,1H3,(H,19,23)(H,21,22). The molecule has 2 fully saturated rings. The zero-order valence-corrected chi connectivity index (χ0v) is 13.8. The summed E-state index contributed by atoms with van der Waals surface area (Å²) in [4.78, 5) is 25.1. The van der Waals surface area contributed by atoms with Crippen molar-refractivity contribution < 1.29 is 14.7 Å². The number of carbonyl (C=O) groups is 2. The maximum absolute atomic E-state index is 12.5. The molecule has 1 heterocycles. The van der Waals surface area contributed by atoms with Crippen molar-refractivity contribution in [2.75, 3.05) is 13.1 Å². The minimum absolute atomic E-state index is 0.0429. The minimum Gasteiger partial charge on any atom is -0.481 e. The molecule has 5 nitrogen and oxygen atoms in total. The predicted octanol–water partition coefficient (Wildman–Crippen LogP) is 3.15. The summed E-state index contributed by atoms with van der Waals surface area (Å²) < 4.78 is 0. The zero-order chi connectivity index (χ0) is 16.6. The normalized spacial score (nSPS) is 27.6. The van der Waals surface area contributed by atoms with Crippen LogP contribution in [0.25, 0.3) is 0 Å². The van der Waals surface area contributed by atoms with E-state index in [4.69, 9.17) is 16.7 Å². The van der Waals surface area contributed by atoms with E-state index in [1.807, 2.05) is 24.3 Å². The number of nitrogens with one attached hydrogen (secondary N) is 1. The molecule has 1 aromatic carbocycles. The molecular formula is C17H21ClN2O3. The Balaban J connectivity index is 1.68. The molecule has 124 valence electrons. The first kappa shape index (κ1) is 16.1. The van der Waals surface area contributed by atoms with Gasteiger partial charge in [-0.3, -0.25) is 4.79 Å². The molecule has 1 aliphatic heterocycles. The SMILES string of the molecule is CC1CC1C(NC(=O)N1CCC(C(=O)O)C1)c1ccc(Cl)cc1.